The Labute approximate surface area is 91.1 Å². The first-order chi connectivity index (χ1) is 6.84. The van der Waals surface area contributed by atoms with Crippen LogP contribution in [0.3, 0.4) is 0 Å². The zero-order valence-electron chi connectivity index (χ0n) is 9.66. The number of carboxylic acid groups (broad SMARTS) is 1. The van der Waals surface area contributed by atoms with Crippen molar-refractivity contribution >= 4 is 5.97 Å². The molecule has 2 N–H and O–H groups in total. The van der Waals surface area contributed by atoms with Gasteiger partial charge in [-0.2, -0.15) is 0 Å². The third-order valence-electron chi connectivity index (χ3n) is 2.35. The van der Waals surface area contributed by atoms with Crippen LogP contribution in [0.1, 0.15) is 33.6 Å². The molecule has 86 valence electrons. The van der Waals surface area contributed by atoms with E-state index in [1.807, 2.05) is 6.92 Å². The minimum absolute atomic E-state index is 0.197. The number of aliphatic hydroxyl groups excluding tert-OH is 1. The Morgan fingerprint density at radius 3 is 2.33 bits per heavy atom. The molecular formula is C12H20O3. The Morgan fingerprint density at radius 1 is 1.53 bits per heavy atom. The minimum atomic E-state index is -0.833. The lowest BCUT2D eigenvalue weighted by Crippen LogP contribution is -2.24. The van der Waals surface area contributed by atoms with Gasteiger partial charge in [-0.25, -0.2) is 0 Å². The molecule has 2 atom stereocenters. The topological polar surface area (TPSA) is 57.5 Å². The molecule has 3 heteroatoms. The number of hydrogen-bond donors (Lipinski definition) is 2. The highest BCUT2D eigenvalue weighted by molar-refractivity contribution is 5.62. The number of hydrogen-bond acceptors (Lipinski definition) is 2. The van der Waals surface area contributed by atoms with E-state index in [0.29, 0.717) is 5.92 Å². The molecule has 1 rings (SSSR count). The Balaban J connectivity index is 0.000000423. The molecule has 0 saturated heterocycles. The molecule has 0 amide bonds. The summed E-state index contributed by atoms with van der Waals surface area (Å²) in [5, 5.41) is 17.0. The lowest BCUT2D eigenvalue weighted by Gasteiger charge is -2.26. The molecule has 0 bridgehead atoms. The standard InChI is InChI=1S/C10H16O.C2H4O2/c1-7(2)9-5-4-8(3)6-10(9)11;1-2(3)4/h4,9-11H,1,5-6H2,2-3H3;1H3,(H,3,4). The van der Waals surface area contributed by atoms with Crippen LogP contribution in [0.4, 0.5) is 0 Å². The molecule has 1 aliphatic carbocycles. The van der Waals surface area contributed by atoms with Crippen molar-refractivity contribution in [2.45, 2.75) is 39.7 Å². The molecule has 0 spiro atoms. The number of allylic oxidation sites excluding steroid dienone is 1. The molecule has 0 aromatic heterocycles. The lowest BCUT2D eigenvalue weighted by atomic mass is 9.83. The Bertz CT molecular complexity index is 262. The Kier molecular flexibility index (Phi) is 5.94. The number of carboxylic acids is 1. The van der Waals surface area contributed by atoms with Crippen molar-refractivity contribution in [1.29, 1.82) is 0 Å². The van der Waals surface area contributed by atoms with E-state index in [1.165, 1.54) is 5.57 Å². The number of carbonyl (C=O) groups is 1. The summed E-state index contributed by atoms with van der Waals surface area (Å²) in [6, 6.07) is 0. The average molecular weight is 212 g/mol. The van der Waals surface area contributed by atoms with Gasteiger partial charge in [-0.1, -0.05) is 23.8 Å². The number of aliphatic carboxylic acids is 1. The highest BCUT2D eigenvalue weighted by Crippen LogP contribution is 2.28. The van der Waals surface area contributed by atoms with Gasteiger partial charge in [-0.15, -0.1) is 0 Å². The van der Waals surface area contributed by atoms with Gasteiger partial charge in [-0.05, 0) is 26.7 Å². The second kappa shape index (κ2) is 6.40. The van der Waals surface area contributed by atoms with Crippen LogP contribution >= 0.6 is 0 Å². The van der Waals surface area contributed by atoms with Crippen LogP contribution in [0.15, 0.2) is 23.8 Å². The largest absolute Gasteiger partial charge is 0.481 e. The molecule has 0 saturated carbocycles. The summed E-state index contributed by atoms with van der Waals surface area (Å²) in [5.41, 5.74) is 2.40. The maximum Gasteiger partial charge on any atom is 0.300 e. The minimum Gasteiger partial charge on any atom is -0.481 e. The summed E-state index contributed by atoms with van der Waals surface area (Å²) in [6.07, 6.45) is 3.78. The molecule has 15 heavy (non-hydrogen) atoms. The van der Waals surface area contributed by atoms with Crippen molar-refractivity contribution in [2.24, 2.45) is 5.92 Å². The second-order valence-electron chi connectivity index (χ2n) is 4.03. The monoisotopic (exact) mass is 212 g/mol. The van der Waals surface area contributed by atoms with Crippen molar-refractivity contribution < 1.29 is 15.0 Å². The fraction of sp³-hybridized carbons (Fsp3) is 0.583. The molecule has 3 nitrogen and oxygen atoms in total. The van der Waals surface area contributed by atoms with Crippen LogP contribution < -0.4 is 0 Å². The van der Waals surface area contributed by atoms with E-state index in [4.69, 9.17) is 9.90 Å². The number of aliphatic hydroxyl groups is 1. The van der Waals surface area contributed by atoms with Gasteiger partial charge in [0.15, 0.2) is 0 Å². The van der Waals surface area contributed by atoms with Crippen LogP contribution in [-0.4, -0.2) is 22.3 Å². The molecule has 0 heterocycles. The van der Waals surface area contributed by atoms with Crippen molar-refractivity contribution in [3.05, 3.63) is 23.8 Å². The normalized spacial score (nSPS) is 24.7. The van der Waals surface area contributed by atoms with Gasteiger partial charge in [0.25, 0.3) is 5.97 Å². The van der Waals surface area contributed by atoms with Gasteiger partial charge in [0.1, 0.15) is 0 Å². The maximum atomic E-state index is 9.61. The molecular weight excluding hydrogens is 192 g/mol. The third kappa shape index (κ3) is 6.07. The van der Waals surface area contributed by atoms with Gasteiger partial charge >= 0.3 is 0 Å². The van der Waals surface area contributed by atoms with Gasteiger partial charge < -0.3 is 10.2 Å². The maximum absolute atomic E-state index is 9.61. The van der Waals surface area contributed by atoms with E-state index in [9.17, 15) is 5.11 Å². The van der Waals surface area contributed by atoms with E-state index in [0.717, 1.165) is 25.3 Å². The zero-order chi connectivity index (χ0) is 12.0. The van der Waals surface area contributed by atoms with E-state index in [1.54, 1.807) is 0 Å². The van der Waals surface area contributed by atoms with Gasteiger partial charge in [0.05, 0.1) is 6.10 Å². The summed E-state index contributed by atoms with van der Waals surface area (Å²) in [6.45, 7) is 9.00. The van der Waals surface area contributed by atoms with Crippen LogP contribution in [-0.2, 0) is 4.79 Å². The average Bonchev–Trinajstić information content (AvgIpc) is 2.01. The van der Waals surface area contributed by atoms with Crippen LogP contribution in [0.25, 0.3) is 0 Å². The van der Waals surface area contributed by atoms with E-state index >= 15 is 0 Å². The fourth-order valence-electron chi connectivity index (χ4n) is 1.57. The lowest BCUT2D eigenvalue weighted by molar-refractivity contribution is -0.134. The molecule has 0 aromatic rings. The summed E-state index contributed by atoms with van der Waals surface area (Å²) in [5.74, 6) is -0.543. The smallest absolute Gasteiger partial charge is 0.300 e. The predicted octanol–water partition coefficient (Wildman–Crippen LogP) is 2.37. The molecule has 1 aliphatic rings. The first-order valence-corrected chi connectivity index (χ1v) is 5.03. The SMILES string of the molecule is C=C(C)C1CC=C(C)CC1O.CC(=O)O. The quantitative estimate of drug-likeness (QED) is 0.656. The van der Waals surface area contributed by atoms with Crippen molar-refractivity contribution in [3.8, 4) is 0 Å². The molecule has 0 radical (unpaired) electrons. The first kappa shape index (κ1) is 13.9. The fourth-order valence-corrected chi connectivity index (χ4v) is 1.57. The van der Waals surface area contributed by atoms with Crippen LogP contribution in [0.2, 0.25) is 0 Å². The van der Waals surface area contributed by atoms with Gasteiger partial charge in [0.2, 0.25) is 0 Å². The highest BCUT2D eigenvalue weighted by atomic mass is 16.4. The molecule has 0 aliphatic heterocycles. The third-order valence-corrected chi connectivity index (χ3v) is 2.35. The highest BCUT2D eigenvalue weighted by Gasteiger charge is 2.22. The van der Waals surface area contributed by atoms with E-state index in [2.05, 4.69) is 19.6 Å². The summed E-state index contributed by atoms with van der Waals surface area (Å²) in [7, 11) is 0. The van der Waals surface area contributed by atoms with Crippen molar-refractivity contribution in [1.82, 2.24) is 0 Å². The Hall–Kier alpha value is -1.09. The molecule has 0 aromatic carbocycles. The molecule has 2 unspecified atom stereocenters. The van der Waals surface area contributed by atoms with Crippen molar-refractivity contribution in [2.75, 3.05) is 0 Å². The van der Waals surface area contributed by atoms with Crippen LogP contribution in [0, 0.1) is 5.92 Å². The molecule has 0 fully saturated rings. The summed E-state index contributed by atoms with van der Waals surface area (Å²) in [4.78, 5) is 9.00. The summed E-state index contributed by atoms with van der Waals surface area (Å²) < 4.78 is 0. The summed E-state index contributed by atoms with van der Waals surface area (Å²) >= 11 is 0. The number of rotatable bonds is 1. The van der Waals surface area contributed by atoms with E-state index in [-0.39, 0.29) is 6.10 Å². The Morgan fingerprint density at radius 2 is 2.00 bits per heavy atom. The first-order valence-electron chi connectivity index (χ1n) is 5.03. The van der Waals surface area contributed by atoms with Crippen LogP contribution in [0.5, 0.6) is 0 Å². The predicted molar refractivity (Wildman–Crippen MR) is 60.6 cm³/mol. The zero-order valence-corrected chi connectivity index (χ0v) is 9.66. The van der Waals surface area contributed by atoms with Gasteiger partial charge in [0, 0.05) is 12.8 Å². The van der Waals surface area contributed by atoms with E-state index < -0.39 is 5.97 Å². The second-order valence-corrected chi connectivity index (χ2v) is 4.03. The van der Waals surface area contributed by atoms with Crippen molar-refractivity contribution in [3.63, 3.8) is 0 Å². The van der Waals surface area contributed by atoms with Gasteiger partial charge in [-0.3, -0.25) is 4.79 Å².